The molecule has 1 saturated carbocycles. The van der Waals surface area contributed by atoms with Crippen LogP contribution in [0.3, 0.4) is 0 Å². The van der Waals surface area contributed by atoms with Gasteiger partial charge in [0.25, 0.3) is 0 Å². The molecule has 17 heavy (non-hydrogen) atoms. The van der Waals surface area contributed by atoms with Gasteiger partial charge in [0.2, 0.25) is 5.91 Å². The molecule has 4 heteroatoms. The van der Waals surface area contributed by atoms with E-state index in [2.05, 4.69) is 26.1 Å². The third kappa shape index (κ3) is 4.36. The van der Waals surface area contributed by atoms with E-state index in [1.54, 1.807) is 0 Å². The van der Waals surface area contributed by atoms with E-state index in [0.717, 1.165) is 6.42 Å². The quantitative estimate of drug-likeness (QED) is 0.716. The van der Waals surface area contributed by atoms with E-state index in [-0.39, 0.29) is 12.5 Å². The topological polar surface area (TPSA) is 66.4 Å². The predicted octanol–water partition coefficient (Wildman–Crippen LogP) is 2.04. The lowest BCUT2D eigenvalue weighted by molar-refractivity contribution is -0.143. The first-order chi connectivity index (χ1) is 7.85. The first kappa shape index (κ1) is 14.0. The molecule has 0 aliphatic heterocycles. The van der Waals surface area contributed by atoms with E-state index in [1.807, 2.05) is 0 Å². The predicted molar refractivity (Wildman–Crippen MR) is 65.5 cm³/mol. The van der Waals surface area contributed by atoms with Crippen LogP contribution in [0.2, 0.25) is 0 Å². The number of carboxylic acids is 1. The van der Waals surface area contributed by atoms with Crippen LogP contribution in [0.15, 0.2) is 0 Å². The average Bonchev–Trinajstić information content (AvgIpc) is 2.93. The first-order valence-electron chi connectivity index (χ1n) is 6.36. The monoisotopic (exact) mass is 241 g/mol. The summed E-state index contributed by atoms with van der Waals surface area (Å²) in [6, 6.07) is 0. The highest BCUT2D eigenvalue weighted by atomic mass is 16.4. The Balaban J connectivity index is 2.24. The Kier molecular flexibility index (Phi) is 4.54. The van der Waals surface area contributed by atoms with Crippen LogP contribution in [0.1, 0.15) is 46.5 Å². The fraction of sp³-hybridized carbons (Fsp3) is 0.846. The van der Waals surface area contributed by atoms with Gasteiger partial charge < -0.3 is 10.4 Å². The first-order valence-corrected chi connectivity index (χ1v) is 6.36. The van der Waals surface area contributed by atoms with Crippen LogP contribution in [-0.4, -0.2) is 23.5 Å². The summed E-state index contributed by atoms with van der Waals surface area (Å²) in [5.74, 6) is 0.139. The van der Waals surface area contributed by atoms with Gasteiger partial charge in [0, 0.05) is 13.0 Å². The molecule has 0 radical (unpaired) electrons. The van der Waals surface area contributed by atoms with Gasteiger partial charge in [0.1, 0.15) is 0 Å². The molecule has 1 unspecified atom stereocenters. The van der Waals surface area contributed by atoms with Crippen LogP contribution < -0.4 is 5.32 Å². The van der Waals surface area contributed by atoms with Crippen molar-refractivity contribution in [1.29, 1.82) is 0 Å². The van der Waals surface area contributed by atoms with Crippen molar-refractivity contribution in [1.82, 2.24) is 5.32 Å². The van der Waals surface area contributed by atoms with Crippen molar-refractivity contribution in [2.45, 2.75) is 46.5 Å². The Bertz CT molecular complexity index is 295. The summed E-state index contributed by atoms with van der Waals surface area (Å²) in [4.78, 5) is 22.5. The summed E-state index contributed by atoms with van der Waals surface area (Å²) in [6.07, 6.45) is 2.89. The van der Waals surface area contributed by atoms with E-state index < -0.39 is 11.4 Å². The second kappa shape index (κ2) is 5.52. The summed E-state index contributed by atoms with van der Waals surface area (Å²) in [7, 11) is 0. The highest BCUT2D eigenvalue weighted by Crippen LogP contribution is 2.45. The van der Waals surface area contributed by atoms with E-state index in [0.29, 0.717) is 31.1 Å². The molecule has 0 aromatic heterocycles. The molecule has 0 bridgehead atoms. The molecule has 0 heterocycles. The molecule has 4 nitrogen and oxygen atoms in total. The van der Waals surface area contributed by atoms with Crippen molar-refractivity contribution < 1.29 is 14.7 Å². The van der Waals surface area contributed by atoms with Crippen LogP contribution in [-0.2, 0) is 9.59 Å². The molecule has 0 aromatic rings. The van der Waals surface area contributed by atoms with Gasteiger partial charge in [-0.2, -0.15) is 0 Å². The number of aliphatic carboxylic acids is 1. The maximum Gasteiger partial charge on any atom is 0.311 e. The molecule has 1 amide bonds. The summed E-state index contributed by atoms with van der Waals surface area (Å²) in [6.45, 7) is 6.62. The molecule has 98 valence electrons. The normalized spacial score (nSPS) is 18.8. The number of nitrogens with one attached hydrogen (secondary N) is 1. The van der Waals surface area contributed by atoms with E-state index in [9.17, 15) is 9.59 Å². The number of hydrogen-bond acceptors (Lipinski definition) is 2. The number of carbonyl (C=O) groups excluding carboxylic acids is 1. The number of rotatable bonds is 7. The average molecular weight is 241 g/mol. The van der Waals surface area contributed by atoms with Gasteiger partial charge in [-0.15, -0.1) is 0 Å². The van der Waals surface area contributed by atoms with Gasteiger partial charge in [-0.05, 0) is 31.1 Å². The molecule has 1 atom stereocenters. The molecular formula is C13H23NO3. The Labute approximate surface area is 103 Å². The fourth-order valence-electron chi connectivity index (χ4n) is 2.16. The number of amides is 1. The van der Waals surface area contributed by atoms with Gasteiger partial charge in [-0.1, -0.05) is 20.8 Å². The lowest BCUT2D eigenvalue weighted by Crippen LogP contribution is -2.34. The summed E-state index contributed by atoms with van der Waals surface area (Å²) < 4.78 is 0. The lowest BCUT2D eigenvalue weighted by atomic mass is 9.95. The molecule has 1 fully saturated rings. The zero-order valence-corrected chi connectivity index (χ0v) is 11.0. The summed E-state index contributed by atoms with van der Waals surface area (Å²) >= 11 is 0. The van der Waals surface area contributed by atoms with Crippen LogP contribution >= 0.6 is 0 Å². The molecule has 2 N–H and O–H groups in total. The molecule has 0 aromatic carbocycles. The summed E-state index contributed by atoms with van der Waals surface area (Å²) in [5, 5.41) is 11.7. The van der Waals surface area contributed by atoms with Crippen LogP contribution in [0, 0.1) is 17.3 Å². The minimum atomic E-state index is -0.784. The standard InChI is InChI=1S/C13H23NO3/c1-9(2)6-10(3)7-11(15)14-8-13(4-5-13)12(16)17/h9-10H,4-8H2,1-3H3,(H,14,15)(H,16,17). The molecule has 1 aliphatic carbocycles. The SMILES string of the molecule is CC(C)CC(C)CC(=O)NCC1(C(=O)O)CC1. The van der Waals surface area contributed by atoms with Gasteiger partial charge >= 0.3 is 5.97 Å². The van der Waals surface area contributed by atoms with Crippen molar-refractivity contribution in [3.63, 3.8) is 0 Å². The van der Waals surface area contributed by atoms with Gasteiger partial charge in [0.15, 0.2) is 0 Å². The number of carbonyl (C=O) groups is 2. The highest BCUT2D eigenvalue weighted by Gasteiger charge is 2.50. The zero-order chi connectivity index (χ0) is 13.1. The Hall–Kier alpha value is -1.06. The van der Waals surface area contributed by atoms with Crippen molar-refractivity contribution in [3.05, 3.63) is 0 Å². The number of carboxylic acid groups (broad SMARTS) is 1. The molecule has 0 saturated heterocycles. The molecule has 0 spiro atoms. The zero-order valence-electron chi connectivity index (χ0n) is 11.0. The molecular weight excluding hydrogens is 218 g/mol. The smallest absolute Gasteiger partial charge is 0.311 e. The number of hydrogen-bond donors (Lipinski definition) is 2. The van der Waals surface area contributed by atoms with Gasteiger partial charge in [0.05, 0.1) is 5.41 Å². The van der Waals surface area contributed by atoms with Gasteiger partial charge in [-0.3, -0.25) is 9.59 Å². The van der Waals surface area contributed by atoms with Crippen LogP contribution in [0.5, 0.6) is 0 Å². The van der Waals surface area contributed by atoms with E-state index >= 15 is 0 Å². The van der Waals surface area contributed by atoms with Crippen molar-refractivity contribution >= 4 is 11.9 Å². The minimum absolute atomic E-state index is 0.0225. The van der Waals surface area contributed by atoms with Crippen molar-refractivity contribution in [2.24, 2.45) is 17.3 Å². The summed E-state index contributed by atoms with van der Waals surface area (Å²) in [5.41, 5.74) is -0.656. The Morgan fingerprint density at radius 2 is 1.88 bits per heavy atom. The molecule has 1 aliphatic rings. The fourth-order valence-corrected chi connectivity index (χ4v) is 2.16. The van der Waals surface area contributed by atoms with Gasteiger partial charge in [-0.25, -0.2) is 0 Å². The largest absolute Gasteiger partial charge is 0.481 e. The maximum absolute atomic E-state index is 11.6. The second-order valence-corrected chi connectivity index (χ2v) is 5.80. The van der Waals surface area contributed by atoms with E-state index in [1.165, 1.54) is 0 Å². The van der Waals surface area contributed by atoms with Crippen LogP contribution in [0.4, 0.5) is 0 Å². The maximum atomic E-state index is 11.6. The third-order valence-electron chi connectivity index (χ3n) is 3.34. The lowest BCUT2D eigenvalue weighted by Gasteiger charge is -2.15. The van der Waals surface area contributed by atoms with Crippen LogP contribution in [0.25, 0.3) is 0 Å². The van der Waals surface area contributed by atoms with Crippen molar-refractivity contribution in [3.8, 4) is 0 Å². The Morgan fingerprint density at radius 3 is 2.29 bits per heavy atom. The Morgan fingerprint density at radius 1 is 1.29 bits per heavy atom. The van der Waals surface area contributed by atoms with E-state index in [4.69, 9.17) is 5.11 Å². The minimum Gasteiger partial charge on any atom is -0.481 e. The second-order valence-electron chi connectivity index (χ2n) is 5.80. The highest BCUT2D eigenvalue weighted by molar-refractivity contribution is 5.81. The molecule has 1 rings (SSSR count). The van der Waals surface area contributed by atoms with Crippen molar-refractivity contribution in [2.75, 3.05) is 6.54 Å². The third-order valence-corrected chi connectivity index (χ3v) is 3.34.